The van der Waals surface area contributed by atoms with Crippen molar-refractivity contribution in [3.8, 4) is 0 Å². The summed E-state index contributed by atoms with van der Waals surface area (Å²) in [5.74, 6) is 1.42. The van der Waals surface area contributed by atoms with Gasteiger partial charge in [0, 0.05) is 12.6 Å². The van der Waals surface area contributed by atoms with Crippen molar-refractivity contribution in [2.75, 3.05) is 5.73 Å². The zero-order valence-corrected chi connectivity index (χ0v) is 11.5. The summed E-state index contributed by atoms with van der Waals surface area (Å²) in [6.07, 6.45) is 3.36. The lowest BCUT2D eigenvalue weighted by Gasteiger charge is -2.08. The number of hydrogen-bond donors (Lipinski definition) is 1. The number of nitrogens with two attached hydrogens (primary N) is 1. The molecular weight excluding hydrogens is 248 g/mol. The molecule has 6 nitrogen and oxygen atoms in total. The van der Waals surface area contributed by atoms with Gasteiger partial charge in [-0.05, 0) is 25.1 Å². The highest BCUT2D eigenvalue weighted by molar-refractivity contribution is 7.99. The Morgan fingerprint density at radius 1 is 1.33 bits per heavy atom. The molecule has 0 saturated heterocycles. The maximum absolute atomic E-state index is 5.90. The molecule has 2 heterocycles. The van der Waals surface area contributed by atoms with E-state index in [4.69, 9.17) is 5.73 Å². The van der Waals surface area contributed by atoms with Gasteiger partial charge in [0.25, 0.3) is 0 Å². The molecule has 2 aromatic heterocycles. The fourth-order valence-electron chi connectivity index (χ4n) is 1.54. The summed E-state index contributed by atoms with van der Waals surface area (Å²) in [5.41, 5.74) is 6.89. The molecule has 0 fully saturated rings. The standard InChI is InChI=1S/C11H16N6S/c1-4-5-8-9(12)13-6-14-10(8)18-11-16-15-7(2)17(11)3/h6H,4-5H2,1-3H3,(H2,12,13,14). The second kappa shape index (κ2) is 5.34. The third kappa shape index (κ3) is 2.45. The molecule has 0 aliphatic carbocycles. The predicted octanol–water partition coefficient (Wildman–Crippen LogP) is 1.60. The molecule has 0 radical (unpaired) electrons. The molecule has 0 spiro atoms. The predicted molar refractivity (Wildman–Crippen MR) is 70.3 cm³/mol. The van der Waals surface area contributed by atoms with E-state index in [1.807, 2.05) is 18.5 Å². The molecule has 7 heteroatoms. The molecule has 0 bridgehead atoms. The minimum Gasteiger partial charge on any atom is -0.383 e. The minimum atomic E-state index is 0.549. The summed E-state index contributed by atoms with van der Waals surface area (Å²) >= 11 is 1.47. The molecule has 0 saturated carbocycles. The van der Waals surface area contributed by atoms with Gasteiger partial charge >= 0.3 is 0 Å². The van der Waals surface area contributed by atoms with Crippen LogP contribution in [0.1, 0.15) is 24.7 Å². The number of aryl methyl sites for hydroxylation is 1. The van der Waals surface area contributed by atoms with Crippen LogP contribution in [0.15, 0.2) is 16.5 Å². The molecule has 18 heavy (non-hydrogen) atoms. The molecule has 96 valence electrons. The molecule has 0 aliphatic heterocycles. The van der Waals surface area contributed by atoms with Gasteiger partial charge < -0.3 is 10.3 Å². The monoisotopic (exact) mass is 264 g/mol. The van der Waals surface area contributed by atoms with Crippen LogP contribution in [0.5, 0.6) is 0 Å². The summed E-state index contributed by atoms with van der Waals surface area (Å²) in [6, 6.07) is 0. The van der Waals surface area contributed by atoms with Crippen molar-refractivity contribution >= 4 is 17.6 Å². The van der Waals surface area contributed by atoms with Gasteiger partial charge in [0.05, 0.1) is 0 Å². The van der Waals surface area contributed by atoms with Gasteiger partial charge in [0.2, 0.25) is 0 Å². The van der Waals surface area contributed by atoms with E-state index in [0.717, 1.165) is 34.4 Å². The van der Waals surface area contributed by atoms with E-state index in [-0.39, 0.29) is 0 Å². The fraction of sp³-hybridized carbons (Fsp3) is 0.455. The third-order valence-corrected chi connectivity index (χ3v) is 3.76. The van der Waals surface area contributed by atoms with Crippen LogP contribution in [0, 0.1) is 6.92 Å². The Morgan fingerprint density at radius 2 is 2.11 bits per heavy atom. The van der Waals surface area contributed by atoms with Gasteiger partial charge in [0.1, 0.15) is 23.0 Å². The second-order valence-corrected chi connectivity index (χ2v) is 4.94. The van der Waals surface area contributed by atoms with Gasteiger partial charge in [-0.15, -0.1) is 10.2 Å². The topological polar surface area (TPSA) is 82.5 Å². The quantitative estimate of drug-likeness (QED) is 0.845. The first-order chi connectivity index (χ1) is 8.63. The van der Waals surface area contributed by atoms with Crippen LogP contribution < -0.4 is 5.73 Å². The maximum atomic E-state index is 5.90. The molecule has 2 rings (SSSR count). The summed E-state index contributed by atoms with van der Waals surface area (Å²) in [5, 5.41) is 9.81. The van der Waals surface area contributed by atoms with E-state index in [2.05, 4.69) is 27.1 Å². The molecule has 2 N–H and O–H groups in total. The lowest BCUT2D eigenvalue weighted by Crippen LogP contribution is -2.02. The van der Waals surface area contributed by atoms with Crippen LogP contribution in [0.3, 0.4) is 0 Å². The van der Waals surface area contributed by atoms with Crippen LogP contribution in [0.25, 0.3) is 0 Å². The number of anilines is 1. The average molecular weight is 264 g/mol. The van der Waals surface area contributed by atoms with E-state index in [1.54, 1.807) is 0 Å². The number of rotatable bonds is 4. The highest BCUT2D eigenvalue weighted by Crippen LogP contribution is 2.29. The molecule has 0 unspecified atom stereocenters. The van der Waals surface area contributed by atoms with Crippen LogP contribution in [-0.2, 0) is 13.5 Å². The second-order valence-electron chi connectivity index (χ2n) is 3.98. The van der Waals surface area contributed by atoms with Gasteiger partial charge in [-0.1, -0.05) is 13.3 Å². The number of nitrogen functional groups attached to an aromatic ring is 1. The lowest BCUT2D eigenvalue weighted by molar-refractivity contribution is 0.762. The zero-order valence-electron chi connectivity index (χ0n) is 10.7. The summed E-state index contributed by atoms with van der Waals surface area (Å²) in [7, 11) is 1.93. The van der Waals surface area contributed by atoms with Gasteiger partial charge in [-0.3, -0.25) is 0 Å². The number of hydrogen-bond acceptors (Lipinski definition) is 6. The van der Waals surface area contributed by atoms with Crippen molar-refractivity contribution in [3.63, 3.8) is 0 Å². The van der Waals surface area contributed by atoms with Crippen LogP contribution in [0.4, 0.5) is 5.82 Å². The average Bonchev–Trinajstić information content (AvgIpc) is 2.66. The van der Waals surface area contributed by atoms with E-state index >= 15 is 0 Å². The van der Waals surface area contributed by atoms with Crippen LogP contribution >= 0.6 is 11.8 Å². The first-order valence-electron chi connectivity index (χ1n) is 5.76. The summed E-state index contributed by atoms with van der Waals surface area (Å²) < 4.78 is 1.93. The molecular formula is C11H16N6S. The Kier molecular flexibility index (Phi) is 3.81. The van der Waals surface area contributed by atoms with Crippen LogP contribution in [0.2, 0.25) is 0 Å². The number of aromatic nitrogens is 5. The summed E-state index contributed by atoms with van der Waals surface area (Å²) in [6.45, 7) is 4.02. The van der Waals surface area contributed by atoms with Crippen molar-refractivity contribution in [1.29, 1.82) is 0 Å². The van der Waals surface area contributed by atoms with Gasteiger partial charge in [0.15, 0.2) is 5.16 Å². The lowest BCUT2D eigenvalue weighted by atomic mass is 10.2. The van der Waals surface area contributed by atoms with Gasteiger partial charge in [-0.2, -0.15) is 0 Å². The van der Waals surface area contributed by atoms with Crippen molar-refractivity contribution in [3.05, 3.63) is 17.7 Å². The van der Waals surface area contributed by atoms with E-state index < -0.39 is 0 Å². The molecule has 0 atom stereocenters. The van der Waals surface area contributed by atoms with E-state index in [0.29, 0.717) is 5.82 Å². The highest BCUT2D eigenvalue weighted by Gasteiger charge is 2.13. The Balaban J connectivity index is 2.34. The smallest absolute Gasteiger partial charge is 0.197 e. The molecule has 0 aliphatic rings. The SMILES string of the molecule is CCCc1c(N)ncnc1Sc1nnc(C)n1C. The van der Waals surface area contributed by atoms with Crippen molar-refractivity contribution < 1.29 is 0 Å². The Morgan fingerprint density at radius 3 is 2.72 bits per heavy atom. The maximum Gasteiger partial charge on any atom is 0.197 e. The van der Waals surface area contributed by atoms with Crippen molar-refractivity contribution in [2.24, 2.45) is 7.05 Å². The van der Waals surface area contributed by atoms with Gasteiger partial charge in [-0.25, -0.2) is 9.97 Å². The Bertz CT molecular complexity index is 550. The Labute approximate surface area is 110 Å². The van der Waals surface area contributed by atoms with Crippen LogP contribution in [-0.4, -0.2) is 24.7 Å². The molecule has 0 amide bonds. The first kappa shape index (κ1) is 12.8. The van der Waals surface area contributed by atoms with E-state index in [1.165, 1.54) is 18.1 Å². The zero-order chi connectivity index (χ0) is 13.1. The molecule has 0 aromatic carbocycles. The third-order valence-electron chi connectivity index (χ3n) is 2.68. The largest absolute Gasteiger partial charge is 0.383 e. The fourth-order valence-corrected chi connectivity index (χ4v) is 2.50. The normalized spacial score (nSPS) is 10.8. The molecule has 2 aromatic rings. The first-order valence-corrected chi connectivity index (χ1v) is 6.58. The minimum absolute atomic E-state index is 0.549. The number of nitrogens with zero attached hydrogens (tertiary/aromatic N) is 5. The van der Waals surface area contributed by atoms with Crippen molar-refractivity contribution in [1.82, 2.24) is 24.7 Å². The van der Waals surface area contributed by atoms with E-state index in [9.17, 15) is 0 Å². The highest BCUT2D eigenvalue weighted by atomic mass is 32.2. The Hall–Kier alpha value is -1.63. The summed E-state index contributed by atoms with van der Waals surface area (Å²) in [4.78, 5) is 8.33. The van der Waals surface area contributed by atoms with Crippen molar-refractivity contribution in [2.45, 2.75) is 36.9 Å².